The van der Waals surface area contributed by atoms with Crippen molar-refractivity contribution in [3.63, 3.8) is 0 Å². The van der Waals surface area contributed by atoms with Crippen molar-refractivity contribution in [3.8, 4) is 0 Å². The van der Waals surface area contributed by atoms with E-state index in [-0.39, 0.29) is 6.61 Å². The molecule has 1 aliphatic carbocycles. The summed E-state index contributed by atoms with van der Waals surface area (Å²) in [5.41, 5.74) is 0.641. The number of carbonyl (C=O) groups excluding carboxylic acids is 1. The van der Waals surface area contributed by atoms with E-state index in [1.807, 2.05) is 0 Å². The molecule has 0 heterocycles. The second kappa shape index (κ2) is 5.13. The third-order valence-corrected chi connectivity index (χ3v) is 2.54. The maximum atomic E-state index is 13.4. The molecule has 0 aromatic rings. The summed E-state index contributed by atoms with van der Waals surface area (Å²) in [4.78, 5) is 11.1. The molecule has 0 aromatic heterocycles. The number of hydrogen-bond donors (Lipinski definition) is 0. The molecule has 1 aliphatic rings. The minimum atomic E-state index is -0.795. The molecule has 3 heteroatoms. The van der Waals surface area contributed by atoms with E-state index in [0.717, 1.165) is 12.8 Å². The van der Waals surface area contributed by atoms with Crippen molar-refractivity contribution in [1.29, 1.82) is 0 Å². The topological polar surface area (TPSA) is 26.3 Å². The van der Waals surface area contributed by atoms with Crippen LogP contribution in [0, 0.1) is 5.92 Å². The highest BCUT2D eigenvalue weighted by molar-refractivity contribution is 5.86. The van der Waals surface area contributed by atoms with Crippen molar-refractivity contribution in [2.45, 2.75) is 39.5 Å². The molecule has 14 heavy (non-hydrogen) atoms. The molecular weight excluding hydrogens is 183 g/mol. The molecule has 0 saturated heterocycles. The molecule has 0 aromatic carbocycles. The number of rotatable bonds is 2. The largest absolute Gasteiger partial charge is 0.461 e. The number of hydrogen-bond acceptors (Lipinski definition) is 2. The Kier molecular flexibility index (Phi) is 4.11. The van der Waals surface area contributed by atoms with E-state index in [2.05, 4.69) is 11.7 Å². The van der Waals surface area contributed by atoms with Gasteiger partial charge in [-0.05, 0) is 37.7 Å². The van der Waals surface area contributed by atoms with Crippen molar-refractivity contribution < 1.29 is 13.9 Å². The molecule has 0 N–H and O–H groups in total. The smallest absolute Gasteiger partial charge is 0.367 e. The Labute approximate surface area is 84.1 Å². The number of ether oxygens (including phenoxy) is 1. The van der Waals surface area contributed by atoms with Crippen LogP contribution in [0.4, 0.5) is 4.39 Å². The van der Waals surface area contributed by atoms with Gasteiger partial charge in [0.15, 0.2) is 0 Å². The fourth-order valence-corrected chi connectivity index (χ4v) is 1.83. The Morgan fingerprint density at radius 3 is 2.93 bits per heavy atom. The molecule has 2 nitrogen and oxygen atoms in total. The predicted octanol–water partition coefficient (Wildman–Crippen LogP) is 2.98. The number of halogens is 1. The van der Waals surface area contributed by atoms with Crippen LogP contribution < -0.4 is 0 Å². The second-order valence-corrected chi connectivity index (χ2v) is 3.84. The summed E-state index contributed by atoms with van der Waals surface area (Å²) in [6.45, 7) is 3.99. The number of allylic oxidation sites excluding steroid dienone is 1. The van der Waals surface area contributed by atoms with Gasteiger partial charge in [0.25, 0.3) is 0 Å². The first-order chi connectivity index (χ1) is 6.65. The number of carbonyl (C=O) groups is 1. The molecule has 1 saturated carbocycles. The summed E-state index contributed by atoms with van der Waals surface area (Å²) in [7, 11) is 0. The third kappa shape index (κ3) is 2.82. The summed E-state index contributed by atoms with van der Waals surface area (Å²) < 4.78 is 18.1. The van der Waals surface area contributed by atoms with Crippen LogP contribution in [0.15, 0.2) is 11.4 Å². The van der Waals surface area contributed by atoms with Crippen LogP contribution in [0.5, 0.6) is 0 Å². The Balaban J connectivity index is 2.66. The lowest BCUT2D eigenvalue weighted by atomic mass is 9.86. The Morgan fingerprint density at radius 2 is 2.36 bits per heavy atom. The first-order valence-corrected chi connectivity index (χ1v) is 5.19. The predicted molar refractivity (Wildman–Crippen MR) is 52.4 cm³/mol. The highest BCUT2D eigenvalue weighted by Crippen LogP contribution is 2.30. The molecular formula is C11H17FO2. The van der Waals surface area contributed by atoms with Gasteiger partial charge in [-0.15, -0.1) is 0 Å². The van der Waals surface area contributed by atoms with Gasteiger partial charge in [0.1, 0.15) is 0 Å². The fourth-order valence-electron chi connectivity index (χ4n) is 1.83. The fraction of sp³-hybridized carbons (Fsp3) is 0.727. The first-order valence-electron chi connectivity index (χ1n) is 5.19. The Hall–Kier alpha value is -0.860. The highest BCUT2D eigenvalue weighted by Gasteiger charge is 2.21. The number of esters is 1. The standard InChI is InChI=1S/C11H17FO2/c1-3-14-11(13)10(12)9-6-4-5-8(2)7-9/h8H,3-7H2,1-2H3. The van der Waals surface area contributed by atoms with E-state index in [1.54, 1.807) is 6.92 Å². The van der Waals surface area contributed by atoms with Crippen molar-refractivity contribution in [2.24, 2.45) is 5.92 Å². The van der Waals surface area contributed by atoms with E-state index in [9.17, 15) is 9.18 Å². The van der Waals surface area contributed by atoms with Gasteiger partial charge < -0.3 is 4.74 Å². The first kappa shape index (κ1) is 11.2. The van der Waals surface area contributed by atoms with Gasteiger partial charge in [-0.1, -0.05) is 13.3 Å². The van der Waals surface area contributed by atoms with Crippen LogP contribution in [-0.2, 0) is 9.53 Å². The van der Waals surface area contributed by atoms with E-state index >= 15 is 0 Å². The molecule has 80 valence electrons. The van der Waals surface area contributed by atoms with Crippen LogP contribution in [0.1, 0.15) is 39.5 Å². The van der Waals surface area contributed by atoms with Gasteiger partial charge >= 0.3 is 5.97 Å². The minimum absolute atomic E-state index is 0.231. The van der Waals surface area contributed by atoms with E-state index < -0.39 is 11.8 Å². The lowest BCUT2D eigenvalue weighted by molar-refractivity contribution is -0.140. The molecule has 1 atom stereocenters. The SMILES string of the molecule is CCOC(=O)C(F)=C1CCCC(C)C1. The van der Waals surface area contributed by atoms with Crippen LogP contribution in [0.25, 0.3) is 0 Å². The maximum Gasteiger partial charge on any atom is 0.367 e. The van der Waals surface area contributed by atoms with Gasteiger partial charge in [-0.2, -0.15) is 4.39 Å². The lowest BCUT2D eigenvalue weighted by Gasteiger charge is -2.20. The van der Waals surface area contributed by atoms with Crippen molar-refractivity contribution in [2.75, 3.05) is 6.61 Å². The second-order valence-electron chi connectivity index (χ2n) is 3.84. The molecule has 0 spiro atoms. The normalized spacial score (nSPS) is 25.8. The van der Waals surface area contributed by atoms with E-state index in [1.165, 1.54) is 0 Å². The van der Waals surface area contributed by atoms with Crippen molar-refractivity contribution in [1.82, 2.24) is 0 Å². The summed E-state index contributed by atoms with van der Waals surface area (Å²) in [5.74, 6) is -0.964. The van der Waals surface area contributed by atoms with Gasteiger partial charge in [0, 0.05) is 0 Å². The summed E-state index contributed by atoms with van der Waals surface area (Å²) in [6, 6.07) is 0. The van der Waals surface area contributed by atoms with Gasteiger partial charge in [-0.25, -0.2) is 4.79 Å². The van der Waals surface area contributed by atoms with Crippen LogP contribution in [-0.4, -0.2) is 12.6 Å². The van der Waals surface area contributed by atoms with Gasteiger partial charge in [-0.3, -0.25) is 0 Å². The molecule has 0 aliphatic heterocycles. The van der Waals surface area contributed by atoms with Crippen LogP contribution in [0.3, 0.4) is 0 Å². The third-order valence-electron chi connectivity index (χ3n) is 2.54. The lowest BCUT2D eigenvalue weighted by Crippen LogP contribution is -2.11. The molecule has 1 fully saturated rings. The van der Waals surface area contributed by atoms with Crippen LogP contribution in [0.2, 0.25) is 0 Å². The quantitative estimate of drug-likeness (QED) is 0.506. The van der Waals surface area contributed by atoms with Crippen molar-refractivity contribution >= 4 is 5.97 Å². The molecule has 1 rings (SSSR count). The average Bonchev–Trinajstić information content (AvgIpc) is 2.17. The monoisotopic (exact) mass is 200 g/mol. The minimum Gasteiger partial charge on any atom is -0.461 e. The van der Waals surface area contributed by atoms with Gasteiger partial charge in [0.05, 0.1) is 6.61 Å². The maximum absolute atomic E-state index is 13.4. The molecule has 0 radical (unpaired) electrons. The zero-order valence-corrected chi connectivity index (χ0v) is 8.81. The highest BCUT2D eigenvalue weighted by atomic mass is 19.1. The molecule has 0 bridgehead atoms. The van der Waals surface area contributed by atoms with Gasteiger partial charge in [0.2, 0.25) is 5.83 Å². The Morgan fingerprint density at radius 1 is 1.64 bits per heavy atom. The zero-order valence-electron chi connectivity index (χ0n) is 8.81. The summed E-state index contributed by atoms with van der Waals surface area (Å²) in [6.07, 6.45) is 3.50. The van der Waals surface area contributed by atoms with Crippen LogP contribution >= 0.6 is 0 Å². The Bertz CT molecular complexity index is 246. The average molecular weight is 200 g/mol. The van der Waals surface area contributed by atoms with E-state index in [0.29, 0.717) is 24.3 Å². The summed E-state index contributed by atoms with van der Waals surface area (Å²) in [5, 5.41) is 0. The van der Waals surface area contributed by atoms with E-state index in [4.69, 9.17) is 0 Å². The molecule has 1 unspecified atom stereocenters. The zero-order chi connectivity index (χ0) is 10.6. The molecule has 0 amide bonds. The van der Waals surface area contributed by atoms with Crippen molar-refractivity contribution in [3.05, 3.63) is 11.4 Å². The summed E-state index contributed by atoms with van der Waals surface area (Å²) >= 11 is 0.